The summed E-state index contributed by atoms with van der Waals surface area (Å²) >= 11 is 0. The number of esters is 2. The molecule has 1 fully saturated rings. The molecule has 32 heavy (non-hydrogen) atoms. The standard InChI is InChI=1S/C28H28O4/c1-19-3-7-21(8-4-19)22-13-17-26(18-14-22)32-28(30)24-11-9-23(10-12-24)27(29)31-25-15-5-20(2)6-16-25/h3-8,13-18,23-24H,9-12H2,1-2H3. The maximum Gasteiger partial charge on any atom is 0.314 e. The van der Waals surface area contributed by atoms with Gasteiger partial charge in [-0.15, -0.1) is 0 Å². The van der Waals surface area contributed by atoms with Gasteiger partial charge >= 0.3 is 11.9 Å². The van der Waals surface area contributed by atoms with Gasteiger partial charge in [-0.1, -0.05) is 59.7 Å². The van der Waals surface area contributed by atoms with Gasteiger partial charge in [0.05, 0.1) is 11.8 Å². The van der Waals surface area contributed by atoms with Crippen molar-refractivity contribution in [1.29, 1.82) is 0 Å². The maximum atomic E-state index is 12.6. The third-order valence-corrected chi connectivity index (χ3v) is 6.09. The van der Waals surface area contributed by atoms with Crippen molar-refractivity contribution < 1.29 is 19.1 Å². The van der Waals surface area contributed by atoms with Crippen molar-refractivity contribution in [2.75, 3.05) is 0 Å². The first-order valence-corrected chi connectivity index (χ1v) is 11.1. The number of hydrogen-bond donors (Lipinski definition) is 0. The summed E-state index contributed by atoms with van der Waals surface area (Å²) in [5.74, 6) is 0.318. The molecular formula is C28H28O4. The topological polar surface area (TPSA) is 52.6 Å². The molecule has 0 amide bonds. The van der Waals surface area contributed by atoms with Crippen LogP contribution in [0.15, 0.2) is 72.8 Å². The van der Waals surface area contributed by atoms with E-state index in [2.05, 4.69) is 31.2 Å². The van der Waals surface area contributed by atoms with Gasteiger partial charge in [-0.3, -0.25) is 9.59 Å². The minimum Gasteiger partial charge on any atom is -0.426 e. The fraction of sp³-hybridized carbons (Fsp3) is 0.286. The molecule has 0 heterocycles. The number of aryl methyl sites for hydroxylation is 2. The summed E-state index contributed by atoms with van der Waals surface area (Å²) in [6.07, 6.45) is 2.54. The third-order valence-electron chi connectivity index (χ3n) is 6.09. The van der Waals surface area contributed by atoms with E-state index in [1.807, 2.05) is 43.3 Å². The first-order valence-electron chi connectivity index (χ1n) is 11.1. The summed E-state index contributed by atoms with van der Waals surface area (Å²) in [6.45, 7) is 4.05. The fourth-order valence-electron chi connectivity index (χ4n) is 4.03. The van der Waals surface area contributed by atoms with Crippen molar-refractivity contribution in [2.45, 2.75) is 39.5 Å². The molecule has 0 N–H and O–H groups in total. The molecule has 0 radical (unpaired) electrons. The number of carbonyl (C=O) groups excluding carboxylic acids is 2. The molecule has 0 spiro atoms. The van der Waals surface area contributed by atoms with Crippen molar-refractivity contribution in [2.24, 2.45) is 11.8 Å². The molecule has 3 aromatic rings. The zero-order chi connectivity index (χ0) is 22.5. The van der Waals surface area contributed by atoms with Crippen LogP contribution in [0.3, 0.4) is 0 Å². The van der Waals surface area contributed by atoms with Crippen LogP contribution in [0, 0.1) is 25.7 Å². The quantitative estimate of drug-likeness (QED) is 0.354. The Labute approximate surface area is 189 Å². The van der Waals surface area contributed by atoms with E-state index in [1.165, 1.54) is 5.56 Å². The van der Waals surface area contributed by atoms with Crippen molar-refractivity contribution >= 4 is 11.9 Å². The van der Waals surface area contributed by atoms with E-state index in [-0.39, 0.29) is 23.8 Å². The number of hydrogen-bond acceptors (Lipinski definition) is 4. The molecule has 1 saturated carbocycles. The van der Waals surface area contributed by atoms with Crippen LogP contribution in [0.2, 0.25) is 0 Å². The van der Waals surface area contributed by atoms with Gasteiger partial charge in [0, 0.05) is 0 Å². The van der Waals surface area contributed by atoms with Crippen LogP contribution in [0.4, 0.5) is 0 Å². The highest BCUT2D eigenvalue weighted by Gasteiger charge is 2.32. The van der Waals surface area contributed by atoms with Gasteiger partial charge in [0.25, 0.3) is 0 Å². The van der Waals surface area contributed by atoms with Gasteiger partial charge in [-0.2, -0.15) is 0 Å². The van der Waals surface area contributed by atoms with Gasteiger partial charge in [-0.25, -0.2) is 0 Å². The van der Waals surface area contributed by atoms with Gasteiger partial charge in [0.2, 0.25) is 0 Å². The molecule has 4 nitrogen and oxygen atoms in total. The Morgan fingerprint density at radius 1 is 0.562 bits per heavy atom. The molecule has 0 atom stereocenters. The highest BCUT2D eigenvalue weighted by atomic mass is 16.5. The van der Waals surface area contributed by atoms with Crippen molar-refractivity contribution in [3.05, 3.63) is 83.9 Å². The van der Waals surface area contributed by atoms with E-state index in [0.717, 1.165) is 16.7 Å². The Hall–Kier alpha value is -3.40. The number of rotatable bonds is 5. The summed E-state index contributed by atoms with van der Waals surface area (Å²) in [5.41, 5.74) is 4.55. The normalized spacial score (nSPS) is 18.1. The molecular weight excluding hydrogens is 400 g/mol. The van der Waals surface area contributed by atoms with Crippen LogP contribution >= 0.6 is 0 Å². The first kappa shape index (κ1) is 21.8. The minimum atomic E-state index is -0.224. The summed E-state index contributed by atoms with van der Waals surface area (Å²) in [4.78, 5) is 25.1. The van der Waals surface area contributed by atoms with Crippen molar-refractivity contribution in [3.63, 3.8) is 0 Å². The van der Waals surface area contributed by atoms with E-state index in [9.17, 15) is 9.59 Å². The average molecular weight is 429 g/mol. The lowest BCUT2D eigenvalue weighted by Crippen LogP contribution is -2.30. The number of carbonyl (C=O) groups is 2. The SMILES string of the molecule is Cc1ccc(OC(=O)C2CCC(C(=O)Oc3ccc(-c4ccc(C)cc4)cc3)CC2)cc1. The zero-order valence-electron chi connectivity index (χ0n) is 18.5. The van der Waals surface area contributed by atoms with Gasteiger partial charge in [-0.05, 0) is 74.9 Å². The monoisotopic (exact) mass is 428 g/mol. The molecule has 0 bridgehead atoms. The number of ether oxygens (including phenoxy) is 2. The summed E-state index contributed by atoms with van der Waals surface area (Å²) in [5, 5.41) is 0. The second-order valence-electron chi connectivity index (χ2n) is 8.59. The molecule has 0 unspecified atom stereocenters. The predicted molar refractivity (Wildman–Crippen MR) is 125 cm³/mol. The van der Waals surface area contributed by atoms with E-state index in [0.29, 0.717) is 37.2 Å². The van der Waals surface area contributed by atoms with Crippen LogP contribution in [0.1, 0.15) is 36.8 Å². The lowest BCUT2D eigenvalue weighted by atomic mass is 9.82. The van der Waals surface area contributed by atoms with Gasteiger partial charge in [0.1, 0.15) is 11.5 Å². The Morgan fingerprint density at radius 2 is 0.875 bits per heavy atom. The van der Waals surface area contributed by atoms with Crippen LogP contribution in [0.25, 0.3) is 11.1 Å². The fourth-order valence-corrected chi connectivity index (χ4v) is 4.03. The minimum absolute atomic E-state index is 0.172. The van der Waals surface area contributed by atoms with Crippen LogP contribution in [-0.2, 0) is 9.59 Å². The molecule has 0 saturated heterocycles. The van der Waals surface area contributed by atoms with Crippen molar-refractivity contribution in [1.82, 2.24) is 0 Å². The average Bonchev–Trinajstić information content (AvgIpc) is 2.82. The summed E-state index contributed by atoms with van der Waals surface area (Å²) in [7, 11) is 0. The third kappa shape index (κ3) is 5.44. The highest BCUT2D eigenvalue weighted by molar-refractivity contribution is 5.78. The smallest absolute Gasteiger partial charge is 0.314 e. The van der Waals surface area contributed by atoms with Crippen molar-refractivity contribution in [3.8, 4) is 22.6 Å². The predicted octanol–water partition coefficient (Wildman–Crippen LogP) is 6.29. The van der Waals surface area contributed by atoms with E-state index < -0.39 is 0 Å². The molecule has 4 rings (SSSR count). The lowest BCUT2D eigenvalue weighted by molar-refractivity contribution is -0.145. The van der Waals surface area contributed by atoms with Gasteiger partial charge < -0.3 is 9.47 Å². The van der Waals surface area contributed by atoms with Crippen LogP contribution in [0.5, 0.6) is 11.5 Å². The van der Waals surface area contributed by atoms with E-state index >= 15 is 0 Å². The van der Waals surface area contributed by atoms with E-state index in [4.69, 9.17) is 9.47 Å². The van der Waals surface area contributed by atoms with E-state index in [1.54, 1.807) is 12.1 Å². The van der Waals surface area contributed by atoms with Crippen LogP contribution in [-0.4, -0.2) is 11.9 Å². The molecule has 4 heteroatoms. The first-order chi connectivity index (χ1) is 15.5. The Kier molecular flexibility index (Phi) is 6.69. The lowest BCUT2D eigenvalue weighted by Gasteiger charge is -2.25. The molecule has 164 valence electrons. The van der Waals surface area contributed by atoms with Crippen LogP contribution < -0.4 is 9.47 Å². The zero-order valence-corrected chi connectivity index (χ0v) is 18.5. The molecule has 1 aliphatic carbocycles. The largest absolute Gasteiger partial charge is 0.426 e. The summed E-state index contributed by atoms with van der Waals surface area (Å²) < 4.78 is 11.1. The Bertz CT molecular complexity index is 1060. The summed E-state index contributed by atoms with van der Waals surface area (Å²) in [6, 6.07) is 23.4. The second kappa shape index (κ2) is 9.82. The maximum absolute atomic E-state index is 12.6. The molecule has 1 aliphatic rings. The van der Waals surface area contributed by atoms with Gasteiger partial charge in [0.15, 0.2) is 0 Å². The molecule has 3 aromatic carbocycles. The Morgan fingerprint density at radius 3 is 1.28 bits per heavy atom. The second-order valence-corrected chi connectivity index (χ2v) is 8.59. The molecule has 0 aromatic heterocycles. The highest BCUT2D eigenvalue weighted by Crippen LogP contribution is 2.32. The Balaban J connectivity index is 1.27. The molecule has 0 aliphatic heterocycles. The number of benzene rings is 3.